The van der Waals surface area contributed by atoms with E-state index in [1.54, 1.807) is 23.4 Å². The van der Waals surface area contributed by atoms with Crippen LogP contribution < -0.4 is 10.6 Å². The first-order valence-corrected chi connectivity index (χ1v) is 9.40. The van der Waals surface area contributed by atoms with Crippen LogP contribution in [0.3, 0.4) is 0 Å². The maximum Gasteiger partial charge on any atom is 0.409 e. The van der Waals surface area contributed by atoms with Crippen molar-refractivity contribution in [1.82, 2.24) is 20.2 Å². The van der Waals surface area contributed by atoms with E-state index in [0.717, 1.165) is 0 Å². The van der Waals surface area contributed by atoms with Crippen LogP contribution >= 0.6 is 11.3 Å². The Morgan fingerprint density at radius 2 is 2.15 bits per heavy atom. The summed E-state index contributed by atoms with van der Waals surface area (Å²) in [5.74, 6) is 0.477. The summed E-state index contributed by atoms with van der Waals surface area (Å²) >= 11 is 1.35. The fourth-order valence-corrected chi connectivity index (χ4v) is 3.36. The Morgan fingerprint density at radius 1 is 1.35 bits per heavy atom. The fourth-order valence-electron chi connectivity index (χ4n) is 2.66. The number of nitrogens with zero attached hydrogens (tertiary/aromatic N) is 3. The minimum absolute atomic E-state index is 0.0297. The molecule has 0 aliphatic carbocycles. The van der Waals surface area contributed by atoms with Crippen LogP contribution in [0.4, 0.5) is 15.7 Å². The van der Waals surface area contributed by atoms with E-state index in [4.69, 9.17) is 4.74 Å². The van der Waals surface area contributed by atoms with Crippen molar-refractivity contribution in [2.45, 2.75) is 25.8 Å². The van der Waals surface area contributed by atoms with Crippen molar-refractivity contribution >= 4 is 34.3 Å². The maximum absolute atomic E-state index is 12.4. The third-order valence-corrected chi connectivity index (χ3v) is 4.75. The lowest BCUT2D eigenvalue weighted by Gasteiger charge is -2.31. The number of ether oxygens (including phenoxy) is 1. The third kappa shape index (κ3) is 4.69. The van der Waals surface area contributed by atoms with Gasteiger partial charge in [-0.05, 0) is 31.9 Å². The van der Waals surface area contributed by atoms with E-state index in [0.29, 0.717) is 49.2 Å². The number of piperidine rings is 1. The summed E-state index contributed by atoms with van der Waals surface area (Å²) < 4.78 is 5.00. The molecule has 1 aliphatic heterocycles. The van der Waals surface area contributed by atoms with Gasteiger partial charge in [-0.15, -0.1) is 11.3 Å². The summed E-state index contributed by atoms with van der Waals surface area (Å²) in [5.41, 5.74) is 0.376. The van der Waals surface area contributed by atoms with Crippen molar-refractivity contribution in [1.29, 1.82) is 0 Å². The van der Waals surface area contributed by atoms with Gasteiger partial charge in [0.15, 0.2) is 5.13 Å². The van der Waals surface area contributed by atoms with Crippen LogP contribution in [0.1, 0.15) is 30.3 Å². The SMILES string of the molecule is CCOC(=O)N1CCC(NC(=O)c2csc(Nc3ccccn3)n2)CC1. The number of hydrogen-bond acceptors (Lipinski definition) is 7. The van der Waals surface area contributed by atoms with Crippen LogP contribution in [0.5, 0.6) is 0 Å². The van der Waals surface area contributed by atoms with Crippen molar-refractivity contribution in [2.75, 3.05) is 25.0 Å². The molecule has 3 heterocycles. The Kier molecular flexibility index (Phi) is 6.00. The van der Waals surface area contributed by atoms with Crippen LogP contribution in [0.2, 0.25) is 0 Å². The minimum Gasteiger partial charge on any atom is -0.450 e. The number of aromatic nitrogens is 2. The van der Waals surface area contributed by atoms with Crippen LogP contribution in [-0.4, -0.2) is 52.6 Å². The van der Waals surface area contributed by atoms with Crippen molar-refractivity contribution in [3.8, 4) is 0 Å². The molecule has 26 heavy (non-hydrogen) atoms. The number of pyridine rings is 1. The standard InChI is InChI=1S/C17H21N5O3S/c1-2-25-17(24)22-9-6-12(7-10-22)19-15(23)13-11-26-16(20-13)21-14-5-3-4-8-18-14/h3-5,8,11-12H,2,6-7,9-10H2,1H3,(H,19,23)(H,18,20,21). The molecule has 3 rings (SSSR count). The van der Waals surface area contributed by atoms with Gasteiger partial charge in [-0.1, -0.05) is 6.07 Å². The average molecular weight is 375 g/mol. The Labute approximate surface area is 155 Å². The lowest BCUT2D eigenvalue weighted by Crippen LogP contribution is -2.46. The number of thiazole rings is 1. The number of amides is 2. The molecular weight excluding hydrogens is 354 g/mol. The van der Waals surface area contributed by atoms with Crippen LogP contribution in [-0.2, 0) is 4.74 Å². The van der Waals surface area contributed by atoms with E-state index < -0.39 is 0 Å². The normalized spacial score (nSPS) is 14.7. The van der Waals surface area contributed by atoms with Gasteiger partial charge in [0.05, 0.1) is 6.61 Å². The molecule has 2 aromatic heterocycles. The van der Waals surface area contributed by atoms with Gasteiger partial charge in [0.1, 0.15) is 11.5 Å². The fraction of sp³-hybridized carbons (Fsp3) is 0.412. The average Bonchev–Trinajstić information content (AvgIpc) is 3.12. The van der Waals surface area contributed by atoms with Gasteiger partial charge in [0.2, 0.25) is 0 Å². The molecule has 2 aromatic rings. The molecule has 0 radical (unpaired) electrons. The smallest absolute Gasteiger partial charge is 0.409 e. The number of likely N-dealkylation sites (tertiary alicyclic amines) is 1. The molecule has 9 heteroatoms. The zero-order valence-electron chi connectivity index (χ0n) is 14.5. The van der Waals surface area contributed by atoms with E-state index in [9.17, 15) is 9.59 Å². The molecule has 0 aromatic carbocycles. The molecular formula is C17H21N5O3S. The predicted octanol–water partition coefficient (Wildman–Crippen LogP) is 2.63. The summed E-state index contributed by atoms with van der Waals surface area (Å²) in [6.45, 7) is 3.31. The van der Waals surface area contributed by atoms with E-state index in [1.807, 2.05) is 18.2 Å². The number of anilines is 2. The van der Waals surface area contributed by atoms with E-state index in [2.05, 4.69) is 20.6 Å². The summed E-state index contributed by atoms with van der Waals surface area (Å²) in [6, 6.07) is 5.57. The van der Waals surface area contributed by atoms with E-state index in [1.165, 1.54) is 11.3 Å². The second-order valence-electron chi connectivity index (χ2n) is 5.81. The molecule has 138 valence electrons. The Balaban J connectivity index is 1.49. The van der Waals surface area contributed by atoms with Crippen molar-refractivity contribution in [2.24, 2.45) is 0 Å². The van der Waals surface area contributed by atoms with Crippen LogP contribution in [0.25, 0.3) is 0 Å². The molecule has 0 bridgehead atoms. The molecule has 0 spiro atoms. The van der Waals surface area contributed by atoms with Gasteiger partial charge in [0.25, 0.3) is 5.91 Å². The van der Waals surface area contributed by atoms with Gasteiger partial charge in [-0.2, -0.15) is 0 Å². The largest absolute Gasteiger partial charge is 0.450 e. The first-order valence-electron chi connectivity index (χ1n) is 8.52. The molecule has 1 saturated heterocycles. The van der Waals surface area contributed by atoms with Gasteiger partial charge < -0.3 is 20.3 Å². The Morgan fingerprint density at radius 3 is 2.85 bits per heavy atom. The minimum atomic E-state index is -0.290. The van der Waals surface area contributed by atoms with Crippen molar-refractivity contribution in [3.05, 3.63) is 35.5 Å². The summed E-state index contributed by atoms with van der Waals surface area (Å²) in [7, 11) is 0. The second kappa shape index (κ2) is 8.61. The third-order valence-electron chi connectivity index (χ3n) is 3.99. The highest BCUT2D eigenvalue weighted by molar-refractivity contribution is 7.14. The molecule has 1 aliphatic rings. The highest BCUT2D eigenvalue weighted by Gasteiger charge is 2.25. The zero-order chi connectivity index (χ0) is 18.4. The molecule has 8 nitrogen and oxygen atoms in total. The number of carbonyl (C=O) groups excluding carboxylic acids is 2. The van der Waals surface area contributed by atoms with Crippen molar-refractivity contribution < 1.29 is 14.3 Å². The number of nitrogens with one attached hydrogen (secondary N) is 2. The molecule has 0 unspecified atom stereocenters. The van der Waals surface area contributed by atoms with E-state index >= 15 is 0 Å². The Hall–Kier alpha value is -2.68. The molecule has 1 fully saturated rings. The van der Waals surface area contributed by atoms with Crippen LogP contribution in [0, 0.1) is 0 Å². The van der Waals surface area contributed by atoms with E-state index in [-0.39, 0.29) is 18.0 Å². The maximum atomic E-state index is 12.4. The summed E-state index contributed by atoms with van der Waals surface area (Å²) in [5, 5.41) is 8.39. The molecule has 0 saturated carbocycles. The van der Waals surface area contributed by atoms with Gasteiger partial charge in [-0.25, -0.2) is 14.8 Å². The topological polar surface area (TPSA) is 96.5 Å². The second-order valence-corrected chi connectivity index (χ2v) is 6.67. The molecule has 0 atom stereocenters. The monoisotopic (exact) mass is 375 g/mol. The van der Waals surface area contributed by atoms with Gasteiger partial charge >= 0.3 is 6.09 Å². The highest BCUT2D eigenvalue weighted by atomic mass is 32.1. The summed E-state index contributed by atoms with van der Waals surface area (Å²) in [4.78, 5) is 34.2. The lowest BCUT2D eigenvalue weighted by molar-refractivity contribution is 0.0857. The zero-order valence-corrected chi connectivity index (χ0v) is 15.3. The number of carbonyl (C=O) groups is 2. The van der Waals surface area contributed by atoms with Gasteiger partial charge in [0, 0.05) is 30.7 Å². The molecule has 2 amide bonds. The van der Waals surface area contributed by atoms with Crippen LogP contribution in [0.15, 0.2) is 29.8 Å². The van der Waals surface area contributed by atoms with Gasteiger partial charge in [-0.3, -0.25) is 4.79 Å². The first-order chi connectivity index (χ1) is 12.7. The lowest BCUT2D eigenvalue weighted by atomic mass is 10.1. The summed E-state index contributed by atoms with van der Waals surface area (Å²) in [6.07, 6.45) is 2.80. The first kappa shape index (κ1) is 18.1. The highest BCUT2D eigenvalue weighted by Crippen LogP contribution is 2.20. The van der Waals surface area contributed by atoms with Crippen molar-refractivity contribution in [3.63, 3.8) is 0 Å². The number of hydrogen-bond donors (Lipinski definition) is 2. The number of rotatable bonds is 5. The Bertz CT molecular complexity index is 744. The molecule has 2 N–H and O–H groups in total. The predicted molar refractivity (Wildman–Crippen MR) is 98.7 cm³/mol. The quantitative estimate of drug-likeness (QED) is 0.834.